The summed E-state index contributed by atoms with van der Waals surface area (Å²) in [5.74, 6) is -0.452. The molecule has 0 aliphatic rings. The number of carbonyl (C=O) groups excluding carboxylic acids is 1. The molecule has 1 N–H and O–H groups in total. The third-order valence-corrected chi connectivity index (χ3v) is 3.61. The van der Waals surface area contributed by atoms with E-state index in [1.54, 1.807) is 0 Å². The van der Waals surface area contributed by atoms with Gasteiger partial charge in [-0.1, -0.05) is 25.4 Å². The molecule has 1 aromatic carbocycles. The highest BCUT2D eigenvalue weighted by Crippen LogP contribution is 2.33. The molecule has 0 spiro atoms. The first kappa shape index (κ1) is 18.3. The summed E-state index contributed by atoms with van der Waals surface area (Å²) in [7, 11) is 0. The van der Waals surface area contributed by atoms with Crippen LogP contribution in [0.15, 0.2) is 30.5 Å². The van der Waals surface area contributed by atoms with E-state index < -0.39 is 23.3 Å². The average Bonchev–Trinajstić information content (AvgIpc) is 2.92. The third kappa shape index (κ3) is 4.29. The number of nitrogens with zero attached hydrogens (tertiary/aromatic N) is 2. The minimum atomic E-state index is -4.72. The predicted octanol–water partition coefficient (Wildman–Crippen LogP) is 4.32. The number of carbonyl (C=O) groups is 1. The molecule has 1 aromatic heterocycles. The van der Waals surface area contributed by atoms with Gasteiger partial charge in [-0.2, -0.15) is 18.3 Å². The zero-order valence-corrected chi connectivity index (χ0v) is 13.9. The zero-order chi connectivity index (χ0) is 17.9. The van der Waals surface area contributed by atoms with Gasteiger partial charge in [0.25, 0.3) is 5.91 Å². The molecule has 0 saturated carbocycles. The molecule has 8 heteroatoms. The van der Waals surface area contributed by atoms with E-state index in [0.29, 0.717) is 28.6 Å². The van der Waals surface area contributed by atoms with Gasteiger partial charge in [0.15, 0.2) is 5.69 Å². The van der Waals surface area contributed by atoms with Gasteiger partial charge in [0.05, 0.1) is 17.4 Å². The Hall–Kier alpha value is -2.02. The van der Waals surface area contributed by atoms with Crippen LogP contribution in [0.25, 0.3) is 5.69 Å². The fraction of sp³-hybridized carbons (Fsp3) is 0.375. The molecule has 2 rings (SSSR count). The molecule has 0 unspecified atom stereocenters. The minimum Gasteiger partial charge on any atom is -0.352 e. The Morgan fingerprint density at radius 1 is 1.29 bits per heavy atom. The van der Waals surface area contributed by atoms with E-state index in [0.717, 1.165) is 6.20 Å². The number of nitrogens with one attached hydrogen (secondary N) is 1. The molecule has 1 heterocycles. The van der Waals surface area contributed by atoms with E-state index in [-0.39, 0.29) is 5.69 Å². The number of amides is 1. The molecule has 0 aliphatic carbocycles. The van der Waals surface area contributed by atoms with E-state index in [4.69, 9.17) is 11.6 Å². The summed E-state index contributed by atoms with van der Waals surface area (Å²) < 4.78 is 41.1. The molecule has 0 saturated heterocycles. The van der Waals surface area contributed by atoms with Gasteiger partial charge in [-0.15, -0.1) is 0 Å². The molecular weight excluding hydrogens is 343 g/mol. The average molecular weight is 360 g/mol. The maximum Gasteiger partial charge on any atom is 0.434 e. The van der Waals surface area contributed by atoms with Crippen LogP contribution in [0, 0.1) is 5.92 Å². The third-order valence-electron chi connectivity index (χ3n) is 3.36. The van der Waals surface area contributed by atoms with Crippen molar-refractivity contribution in [3.63, 3.8) is 0 Å². The van der Waals surface area contributed by atoms with Crippen LogP contribution in [0.1, 0.15) is 36.3 Å². The van der Waals surface area contributed by atoms with Crippen LogP contribution < -0.4 is 5.32 Å². The Kier molecular flexibility index (Phi) is 5.54. The summed E-state index contributed by atoms with van der Waals surface area (Å²) in [6.07, 6.45) is -3.11. The molecule has 0 aliphatic heterocycles. The van der Waals surface area contributed by atoms with Crippen molar-refractivity contribution in [2.45, 2.75) is 26.4 Å². The molecule has 0 bridgehead atoms. The van der Waals surface area contributed by atoms with Crippen LogP contribution in [0.5, 0.6) is 0 Å². The normalized spacial score (nSPS) is 11.8. The number of benzene rings is 1. The van der Waals surface area contributed by atoms with Crippen molar-refractivity contribution in [1.29, 1.82) is 0 Å². The smallest absolute Gasteiger partial charge is 0.352 e. The highest BCUT2D eigenvalue weighted by atomic mass is 35.5. The fourth-order valence-electron chi connectivity index (χ4n) is 2.14. The molecule has 0 atom stereocenters. The Bertz CT molecular complexity index is 708. The minimum absolute atomic E-state index is 0.174. The van der Waals surface area contributed by atoms with Gasteiger partial charge in [-0.3, -0.25) is 4.79 Å². The van der Waals surface area contributed by atoms with Crippen molar-refractivity contribution in [2.75, 3.05) is 6.54 Å². The highest BCUT2D eigenvalue weighted by Gasteiger charge is 2.40. The highest BCUT2D eigenvalue weighted by molar-refractivity contribution is 6.30. The number of halogens is 4. The van der Waals surface area contributed by atoms with Crippen LogP contribution in [0.2, 0.25) is 5.02 Å². The molecule has 2 aromatic rings. The Morgan fingerprint density at radius 2 is 1.92 bits per heavy atom. The molecule has 1 amide bonds. The molecule has 4 nitrogen and oxygen atoms in total. The van der Waals surface area contributed by atoms with Gasteiger partial charge in [0, 0.05) is 11.6 Å². The number of hydrogen-bond donors (Lipinski definition) is 1. The summed E-state index contributed by atoms with van der Waals surface area (Å²) in [5, 5.41) is 6.64. The maximum absolute atomic E-state index is 13.5. The second-order valence-corrected chi connectivity index (χ2v) is 6.17. The first-order valence-corrected chi connectivity index (χ1v) is 7.77. The van der Waals surface area contributed by atoms with Crippen molar-refractivity contribution >= 4 is 17.5 Å². The summed E-state index contributed by atoms with van der Waals surface area (Å²) >= 11 is 5.75. The Morgan fingerprint density at radius 3 is 2.46 bits per heavy atom. The van der Waals surface area contributed by atoms with Gasteiger partial charge >= 0.3 is 6.18 Å². The van der Waals surface area contributed by atoms with Crippen molar-refractivity contribution in [3.05, 3.63) is 46.7 Å². The lowest BCUT2D eigenvalue weighted by Gasteiger charge is -2.13. The van der Waals surface area contributed by atoms with E-state index in [1.165, 1.54) is 24.3 Å². The van der Waals surface area contributed by atoms with Crippen LogP contribution in [0.4, 0.5) is 13.2 Å². The van der Waals surface area contributed by atoms with Gasteiger partial charge in [-0.05, 0) is 36.6 Å². The first-order chi connectivity index (χ1) is 11.2. The first-order valence-electron chi connectivity index (χ1n) is 7.39. The van der Waals surface area contributed by atoms with Gasteiger partial charge in [-0.25, -0.2) is 4.68 Å². The molecular formula is C16H17ClF3N3O. The standard InChI is InChI=1S/C16H17ClF3N3O/c1-10(2)7-8-21-15(24)13-9-22-23(14(13)16(18,19)20)12-5-3-11(17)4-6-12/h3-6,9-10H,7-8H2,1-2H3,(H,21,24). The van der Waals surface area contributed by atoms with Crippen LogP contribution >= 0.6 is 11.6 Å². The number of hydrogen-bond acceptors (Lipinski definition) is 2. The van der Waals surface area contributed by atoms with E-state index in [1.807, 2.05) is 13.8 Å². The van der Waals surface area contributed by atoms with Crippen molar-refractivity contribution in [2.24, 2.45) is 5.92 Å². The van der Waals surface area contributed by atoms with Crippen LogP contribution in [0.3, 0.4) is 0 Å². The summed E-state index contributed by atoms with van der Waals surface area (Å²) in [4.78, 5) is 12.1. The predicted molar refractivity (Wildman–Crippen MR) is 85.4 cm³/mol. The van der Waals surface area contributed by atoms with E-state index in [2.05, 4.69) is 10.4 Å². The lowest BCUT2D eigenvalue weighted by atomic mass is 10.1. The summed E-state index contributed by atoms with van der Waals surface area (Å²) in [6.45, 7) is 4.23. The maximum atomic E-state index is 13.5. The van der Waals surface area contributed by atoms with Crippen molar-refractivity contribution in [1.82, 2.24) is 15.1 Å². The topological polar surface area (TPSA) is 46.9 Å². The molecule has 0 radical (unpaired) electrons. The lowest BCUT2D eigenvalue weighted by molar-refractivity contribution is -0.143. The Balaban J connectivity index is 2.36. The zero-order valence-electron chi connectivity index (χ0n) is 13.2. The summed E-state index contributed by atoms with van der Waals surface area (Å²) in [5.41, 5.74) is -1.43. The van der Waals surface area contributed by atoms with Crippen molar-refractivity contribution in [3.8, 4) is 5.69 Å². The number of alkyl halides is 3. The van der Waals surface area contributed by atoms with Crippen LogP contribution in [-0.2, 0) is 6.18 Å². The SMILES string of the molecule is CC(C)CCNC(=O)c1cnn(-c2ccc(Cl)cc2)c1C(F)(F)F. The fourth-order valence-corrected chi connectivity index (χ4v) is 2.26. The summed E-state index contributed by atoms with van der Waals surface area (Å²) in [6, 6.07) is 5.73. The van der Waals surface area contributed by atoms with Gasteiger partial charge in [0.1, 0.15) is 0 Å². The van der Waals surface area contributed by atoms with Gasteiger partial charge in [0.2, 0.25) is 0 Å². The number of aromatic nitrogens is 2. The molecule has 0 fully saturated rings. The number of rotatable bonds is 5. The second kappa shape index (κ2) is 7.25. The molecule has 130 valence electrons. The van der Waals surface area contributed by atoms with Crippen molar-refractivity contribution < 1.29 is 18.0 Å². The lowest BCUT2D eigenvalue weighted by Crippen LogP contribution is -2.28. The second-order valence-electron chi connectivity index (χ2n) is 5.73. The van der Waals surface area contributed by atoms with E-state index in [9.17, 15) is 18.0 Å². The largest absolute Gasteiger partial charge is 0.434 e. The monoisotopic (exact) mass is 359 g/mol. The van der Waals surface area contributed by atoms with E-state index >= 15 is 0 Å². The molecule has 24 heavy (non-hydrogen) atoms. The van der Waals surface area contributed by atoms with Crippen LogP contribution in [-0.4, -0.2) is 22.2 Å². The van der Waals surface area contributed by atoms with Gasteiger partial charge < -0.3 is 5.32 Å². The quantitative estimate of drug-likeness (QED) is 0.864. The Labute approximate surface area is 142 Å².